The molecule has 0 aliphatic carbocycles. The van der Waals surface area contributed by atoms with Crippen molar-refractivity contribution in [2.24, 2.45) is 16.3 Å². The summed E-state index contributed by atoms with van der Waals surface area (Å²) >= 11 is 0. The van der Waals surface area contributed by atoms with E-state index in [1.54, 1.807) is 6.92 Å². The Balaban J connectivity index is 0.000000584. The average molecular weight is 457 g/mol. The van der Waals surface area contributed by atoms with Gasteiger partial charge >= 0.3 is 35.5 Å². The van der Waals surface area contributed by atoms with Crippen molar-refractivity contribution in [3.05, 3.63) is 35.9 Å². The molecule has 9 heteroatoms. The van der Waals surface area contributed by atoms with Crippen LogP contribution in [0.25, 0.3) is 0 Å². The number of hydrogen-bond acceptors (Lipinski definition) is 5. The number of nitrogens with one attached hydrogen (secondary N) is 1. The van der Waals surface area contributed by atoms with Gasteiger partial charge in [-0.3, -0.25) is 14.4 Å². The number of carbonyl (C=O) groups is 3. The predicted octanol–water partition coefficient (Wildman–Crippen LogP) is -0.523. The summed E-state index contributed by atoms with van der Waals surface area (Å²) in [5.74, 6) is -2.59. The number of aliphatic carboxylic acids is 1. The van der Waals surface area contributed by atoms with Crippen molar-refractivity contribution in [1.29, 1.82) is 0 Å². The van der Waals surface area contributed by atoms with E-state index < -0.39 is 35.1 Å². The van der Waals surface area contributed by atoms with E-state index in [0.29, 0.717) is 13.0 Å². The van der Waals surface area contributed by atoms with E-state index in [4.69, 9.17) is 9.84 Å². The Bertz CT molecular complexity index is 771. The van der Waals surface area contributed by atoms with Crippen molar-refractivity contribution in [3.63, 3.8) is 0 Å². The van der Waals surface area contributed by atoms with Crippen LogP contribution in [0.3, 0.4) is 0 Å². The third-order valence-corrected chi connectivity index (χ3v) is 5.46. The molecule has 8 nitrogen and oxygen atoms in total. The molecule has 0 radical (unpaired) electrons. The normalized spacial score (nSPS) is 19.4. The van der Waals surface area contributed by atoms with Crippen molar-refractivity contribution in [2.75, 3.05) is 13.2 Å². The van der Waals surface area contributed by atoms with Crippen molar-refractivity contribution in [3.8, 4) is 0 Å². The smallest absolute Gasteiger partial charge is 0.846 e. The number of amides is 2. The van der Waals surface area contributed by atoms with E-state index >= 15 is 0 Å². The van der Waals surface area contributed by atoms with Crippen molar-refractivity contribution in [2.45, 2.75) is 59.3 Å². The van der Waals surface area contributed by atoms with Gasteiger partial charge in [-0.1, -0.05) is 64.4 Å². The van der Waals surface area contributed by atoms with Crippen molar-refractivity contribution < 1.29 is 58.9 Å². The summed E-state index contributed by atoms with van der Waals surface area (Å²) < 4.78 is 5.28. The first-order valence-corrected chi connectivity index (χ1v) is 10.7. The maximum absolute atomic E-state index is 11.9. The summed E-state index contributed by atoms with van der Waals surface area (Å²) in [6, 6.07) is 8.33. The fourth-order valence-corrected chi connectivity index (χ4v) is 3.64. The molecular weight excluding hydrogens is 423 g/mol. The molecule has 1 aliphatic rings. The molecule has 3 unspecified atom stereocenters. The number of nitrogens with zero attached hydrogens (tertiary/aromatic N) is 1. The number of benzene rings is 1. The fourth-order valence-electron chi connectivity index (χ4n) is 3.64. The van der Waals surface area contributed by atoms with Gasteiger partial charge < -0.3 is 20.3 Å². The average Bonchev–Trinajstić information content (AvgIpc) is 2.72. The number of carboxylic acid groups (broad SMARTS) is 1. The number of amidine groups is 1. The number of hydrogen-bond donors (Lipinski definition) is 2. The number of carbonyl (C=O) groups excluding carboxylic acids is 2. The van der Waals surface area contributed by atoms with Crippen LogP contribution < -0.4 is 40.0 Å². The van der Waals surface area contributed by atoms with Gasteiger partial charge in [0, 0.05) is 6.61 Å². The summed E-state index contributed by atoms with van der Waals surface area (Å²) in [4.78, 5) is 38.1. The van der Waals surface area contributed by atoms with Crippen LogP contribution >= 0.6 is 0 Å². The molecule has 2 rings (SSSR count). The van der Waals surface area contributed by atoms with Gasteiger partial charge in [0.15, 0.2) is 0 Å². The SMILES string of the molecule is CCCC(C)C1(CC)C(=O)N=C([O-])NC1=O.CCCOCC(C(=O)O)c1ccccc1.[Na+]. The minimum atomic E-state index is -1.15. The molecule has 1 heterocycles. The third kappa shape index (κ3) is 7.99. The minimum Gasteiger partial charge on any atom is -0.846 e. The van der Waals surface area contributed by atoms with Gasteiger partial charge in [0.2, 0.25) is 5.91 Å². The van der Waals surface area contributed by atoms with Crippen LogP contribution in [0.4, 0.5) is 0 Å². The van der Waals surface area contributed by atoms with Crippen LogP contribution in [0.2, 0.25) is 0 Å². The second kappa shape index (κ2) is 15.2. The molecule has 0 saturated carbocycles. The van der Waals surface area contributed by atoms with Crippen LogP contribution in [0.5, 0.6) is 0 Å². The van der Waals surface area contributed by atoms with Gasteiger partial charge in [-0.2, -0.15) is 0 Å². The molecule has 3 atom stereocenters. The third-order valence-electron chi connectivity index (χ3n) is 5.46. The van der Waals surface area contributed by atoms with E-state index in [1.165, 1.54) is 0 Å². The Kier molecular flexibility index (Phi) is 14.3. The predicted molar refractivity (Wildman–Crippen MR) is 115 cm³/mol. The standard InChI is InChI=1S/C12H16O3.C11H18N2O3.Na/c1-2-8-15-9-11(12(13)14)10-6-4-3-5-7-10;1-4-6-7(3)11(5-2)8(14)12-10(16)13-9(11)15;/h3-7,11H,2,8-9H2,1H3,(H,13,14);7H,4-6H2,1-3H3,(H2,12,13,14,15,16);/q;;+1/p-1. The number of ether oxygens (including phenoxy) is 1. The zero-order chi connectivity index (χ0) is 23.4. The van der Waals surface area contributed by atoms with Gasteiger partial charge in [-0.05, 0) is 30.7 Å². The summed E-state index contributed by atoms with van der Waals surface area (Å²) in [6.45, 7) is 8.47. The van der Waals surface area contributed by atoms with E-state index in [9.17, 15) is 19.5 Å². The topological polar surface area (TPSA) is 128 Å². The second-order valence-electron chi connectivity index (χ2n) is 7.57. The Labute approximate surface area is 212 Å². The molecule has 32 heavy (non-hydrogen) atoms. The molecule has 172 valence electrons. The van der Waals surface area contributed by atoms with Gasteiger partial charge in [-0.25, -0.2) is 4.99 Å². The quantitative estimate of drug-likeness (QED) is 0.277. The molecule has 0 fully saturated rings. The van der Waals surface area contributed by atoms with Gasteiger partial charge in [0.25, 0.3) is 5.91 Å². The number of rotatable bonds is 10. The number of carboxylic acids is 1. The molecule has 2 N–H and O–H groups in total. The Hall–Kier alpha value is -1.74. The first kappa shape index (κ1) is 30.3. The van der Waals surface area contributed by atoms with Crippen LogP contribution in [-0.4, -0.2) is 42.1 Å². The Morgan fingerprint density at radius 2 is 1.81 bits per heavy atom. The molecule has 0 bridgehead atoms. The summed E-state index contributed by atoms with van der Waals surface area (Å²) in [5, 5.41) is 22.1. The van der Waals surface area contributed by atoms with Gasteiger partial charge in [0.1, 0.15) is 11.3 Å². The minimum absolute atomic E-state index is 0. The zero-order valence-electron chi connectivity index (χ0n) is 19.7. The maximum atomic E-state index is 11.9. The maximum Gasteiger partial charge on any atom is 1.00 e. The van der Waals surface area contributed by atoms with Crippen molar-refractivity contribution >= 4 is 23.8 Å². The molecule has 0 aromatic heterocycles. The van der Waals surface area contributed by atoms with Gasteiger partial charge in [0.05, 0.1) is 12.6 Å². The molecule has 0 spiro atoms. The van der Waals surface area contributed by atoms with Crippen LogP contribution in [0, 0.1) is 11.3 Å². The Morgan fingerprint density at radius 3 is 2.28 bits per heavy atom. The first-order chi connectivity index (χ1) is 14.7. The monoisotopic (exact) mass is 456 g/mol. The molecular formula is C23H33N2NaO6. The van der Waals surface area contributed by atoms with E-state index in [0.717, 1.165) is 24.8 Å². The molecule has 0 saturated heterocycles. The summed E-state index contributed by atoms with van der Waals surface area (Å²) in [5.41, 5.74) is -0.356. The van der Waals surface area contributed by atoms with Gasteiger partial charge in [-0.15, -0.1) is 0 Å². The molecule has 1 aromatic carbocycles. The van der Waals surface area contributed by atoms with Crippen LogP contribution in [0.15, 0.2) is 35.3 Å². The van der Waals surface area contributed by atoms with E-state index in [1.807, 2.05) is 51.1 Å². The second-order valence-corrected chi connectivity index (χ2v) is 7.57. The fraction of sp³-hybridized carbons (Fsp3) is 0.565. The van der Waals surface area contributed by atoms with Crippen LogP contribution in [0.1, 0.15) is 64.9 Å². The van der Waals surface area contributed by atoms with Crippen molar-refractivity contribution in [1.82, 2.24) is 5.32 Å². The van der Waals surface area contributed by atoms with E-state index in [-0.39, 0.29) is 42.1 Å². The summed E-state index contributed by atoms with van der Waals surface area (Å²) in [6.07, 6.45) is 2.92. The molecule has 1 aliphatic heterocycles. The number of aliphatic imine (C=N–C) groups is 1. The van der Waals surface area contributed by atoms with E-state index in [2.05, 4.69) is 10.3 Å². The summed E-state index contributed by atoms with van der Waals surface area (Å²) in [7, 11) is 0. The molecule has 2 amide bonds. The zero-order valence-corrected chi connectivity index (χ0v) is 21.7. The first-order valence-electron chi connectivity index (χ1n) is 10.7. The Morgan fingerprint density at radius 1 is 1.19 bits per heavy atom. The van der Waals surface area contributed by atoms with Crippen LogP contribution in [-0.2, 0) is 19.1 Å². The molecule has 1 aromatic rings. The largest absolute Gasteiger partial charge is 1.00 e.